The molecule has 0 aromatic heterocycles. The zero-order valence-electron chi connectivity index (χ0n) is 11.3. The third-order valence-corrected chi connectivity index (χ3v) is 3.10. The van der Waals surface area contributed by atoms with Crippen molar-refractivity contribution >= 4 is 11.9 Å². The number of carboxylic acid groups (broad SMARTS) is 1. The van der Waals surface area contributed by atoms with Crippen LogP contribution in [-0.4, -0.2) is 34.5 Å². The number of nitrogens with two attached hydrogens (primary N) is 1. The number of rotatable bonds is 7. The molecule has 1 amide bonds. The van der Waals surface area contributed by atoms with Crippen LogP contribution in [0.5, 0.6) is 0 Å². The minimum Gasteiger partial charge on any atom is -0.481 e. The van der Waals surface area contributed by atoms with Crippen molar-refractivity contribution in [2.75, 3.05) is 6.54 Å². The summed E-state index contributed by atoms with van der Waals surface area (Å²) in [6.07, 6.45) is 0.101. The van der Waals surface area contributed by atoms with Crippen LogP contribution in [0.1, 0.15) is 36.2 Å². The second kappa shape index (κ2) is 6.89. The standard InChI is InChI=1S/C14H20N2O3/c1-3-16(10(2)7-13(17)18)9-11-5-4-6-12(8-11)14(15)19/h4-6,8,10H,3,7,9H2,1-2H3,(H2,15,19)(H,17,18). The van der Waals surface area contributed by atoms with Gasteiger partial charge in [0.15, 0.2) is 0 Å². The van der Waals surface area contributed by atoms with E-state index >= 15 is 0 Å². The highest BCUT2D eigenvalue weighted by Gasteiger charge is 2.16. The van der Waals surface area contributed by atoms with E-state index in [9.17, 15) is 9.59 Å². The number of amides is 1. The fraction of sp³-hybridized carbons (Fsp3) is 0.429. The highest BCUT2D eigenvalue weighted by Crippen LogP contribution is 2.12. The van der Waals surface area contributed by atoms with Crippen molar-refractivity contribution in [3.63, 3.8) is 0 Å². The largest absolute Gasteiger partial charge is 0.481 e. The maximum atomic E-state index is 11.1. The third-order valence-electron chi connectivity index (χ3n) is 3.10. The molecule has 0 saturated carbocycles. The lowest BCUT2D eigenvalue weighted by Gasteiger charge is -2.26. The van der Waals surface area contributed by atoms with Crippen LogP contribution in [0.4, 0.5) is 0 Å². The molecular formula is C14H20N2O3. The molecule has 0 heterocycles. The van der Waals surface area contributed by atoms with Gasteiger partial charge in [-0.3, -0.25) is 14.5 Å². The van der Waals surface area contributed by atoms with E-state index in [1.165, 1.54) is 0 Å². The fourth-order valence-electron chi connectivity index (χ4n) is 2.02. The molecule has 0 aliphatic carbocycles. The first-order valence-corrected chi connectivity index (χ1v) is 6.28. The lowest BCUT2D eigenvalue weighted by atomic mass is 10.1. The number of carbonyl (C=O) groups is 2. The van der Waals surface area contributed by atoms with Crippen molar-refractivity contribution in [3.8, 4) is 0 Å². The van der Waals surface area contributed by atoms with E-state index in [0.717, 1.165) is 12.1 Å². The van der Waals surface area contributed by atoms with Crippen molar-refractivity contribution < 1.29 is 14.7 Å². The number of carbonyl (C=O) groups excluding carboxylic acids is 1. The molecule has 0 aliphatic heterocycles. The van der Waals surface area contributed by atoms with Gasteiger partial charge in [0.05, 0.1) is 6.42 Å². The van der Waals surface area contributed by atoms with Crippen molar-refractivity contribution in [2.45, 2.75) is 32.9 Å². The normalized spacial score (nSPS) is 12.4. The van der Waals surface area contributed by atoms with Crippen molar-refractivity contribution in [2.24, 2.45) is 5.73 Å². The molecule has 1 aromatic rings. The summed E-state index contributed by atoms with van der Waals surface area (Å²) in [5, 5.41) is 8.82. The van der Waals surface area contributed by atoms with Gasteiger partial charge in [0.25, 0.3) is 0 Å². The van der Waals surface area contributed by atoms with Crippen LogP contribution >= 0.6 is 0 Å². The van der Waals surface area contributed by atoms with E-state index in [2.05, 4.69) is 0 Å². The van der Waals surface area contributed by atoms with E-state index in [0.29, 0.717) is 12.1 Å². The molecule has 3 N–H and O–H groups in total. The van der Waals surface area contributed by atoms with Crippen LogP contribution in [0.2, 0.25) is 0 Å². The molecular weight excluding hydrogens is 244 g/mol. The van der Waals surface area contributed by atoms with Crippen LogP contribution in [0, 0.1) is 0 Å². The number of hydrogen-bond donors (Lipinski definition) is 2. The summed E-state index contributed by atoms with van der Waals surface area (Å²) >= 11 is 0. The van der Waals surface area contributed by atoms with Gasteiger partial charge in [-0.25, -0.2) is 0 Å². The molecule has 1 aromatic carbocycles. The Bertz CT molecular complexity index is 460. The second-order valence-electron chi connectivity index (χ2n) is 4.57. The van der Waals surface area contributed by atoms with Gasteiger partial charge in [0.1, 0.15) is 0 Å². The number of benzene rings is 1. The van der Waals surface area contributed by atoms with Crippen molar-refractivity contribution in [1.29, 1.82) is 0 Å². The second-order valence-corrected chi connectivity index (χ2v) is 4.57. The number of aliphatic carboxylic acids is 1. The average Bonchev–Trinajstić information content (AvgIpc) is 2.35. The Labute approximate surface area is 113 Å². The smallest absolute Gasteiger partial charge is 0.304 e. The van der Waals surface area contributed by atoms with E-state index in [1.54, 1.807) is 18.2 Å². The minimum absolute atomic E-state index is 0.0558. The quantitative estimate of drug-likeness (QED) is 0.781. The molecule has 1 unspecified atom stereocenters. The van der Waals surface area contributed by atoms with Gasteiger partial charge < -0.3 is 10.8 Å². The molecule has 19 heavy (non-hydrogen) atoms. The summed E-state index contributed by atoms with van der Waals surface area (Å²) in [4.78, 5) is 23.9. The maximum Gasteiger partial charge on any atom is 0.304 e. The Morgan fingerprint density at radius 1 is 1.42 bits per heavy atom. The highest BCUT2D eigenvalue weighted by atomic mass is 16.4. The van der Waals surface area contributed by atoms with E-state index in [-0.39, 0.29) is 12.5 Å². The Balaban J connectivity index is 2.77. The van der Waals surface area contributed by atoms with Gasteiger partial charge in [-0.1, -0.05) is 19.1 Å². The maximum absolute atomic E-state index is 11.1. The zero-order chi connectivity index (χ0) is 14.4. The summed E-state index contributed by atoms with van der Waals surface area (Å²) in [7, 11) is 0. The molecule has 0 radical (unpaired) electrons. The summed E-state index contributed by atoms with van der Waals surface area (Å²) in [6.45, 7) is 5.22. The van der Waals surface area contributed by atoms with Crippen molar-refractivity contribution in [1.82, 2.24) is 4.90 Å². The zero-order valence-corrected chi connectivity index (χ0v) is 11.3. The molecule has 0 spiro atoms. The minimum atomic E-state index is -0.808. The van der Waals surface area contributed by atoms with Crippen molar-refractivity contribution in [3.05, 3.63) is 35.4 Å². The molecule has 5 heteroatoms. The Morgan fingerprint density at radius 2 is 2.11 bits per heavy atom. The van der Waals surface area contributed by atoms with Crippen LogP contribution in [-0.2, 0) is 11.3 Å². The highest BCUT2D eigenvalue weighted by molar-refractivity contribution is 5.92. The summed E-state index contributed by atoms with van der Waals surface area (Å²) in [5.41, 5.74) is 6.67. The van der Waals surface area contributed by atoms with Crippen LogP contribution in [0.3, 0.4) is 0 Å². The molecule has 0 saturated heterocycles. The van der Waals surface area contributed by atoms with E-state index < -0.39 is 11.9 Å². The van der Waals surface area contributed by atoms with E-state index in [4.69, 9.17) is 10.8 Å². The van der Waals surface area contributed by atoms with Gasteiger partial charge in [-0.15, -0.1) is 0 Å². The van der Waals surface area contributed by atoms with Gasteiger partial charge >= 0.3 is 5.97 Å². The van der Waals surface area contributed by atoms with Gasteiger partial charge in [0, 0.05) is 18.2 Å². The number of carboxylic acids is 1. The Hall–Kier alpha value is -1.88. The summed E-state index contributed by atoms with van der Waals surface area (Å²) in [6, 6.07) is 7.05. The lowest BCUT2D eigenvalue weighted by molar-refractivity contribution is -0.138. The third kappa shape index (κ3) is 4.71. The van der Waals surface area contributed by atoms with Crippen LogP contribution < -0.4 is 5.73 Å². The van der Waals surface area contributed by atoms with Crippen LogP contribution in [0.25, 0.3) is 0 Å². The van der Waals surface area contributed by atoms with E-state index in [1.807, 2.05) is 24.8 Å². The first-order chi connectivity index (χ1) is 8.93. The lowest BCUT2D eigenvalue weighted by Crippen LogP contribution is -2.34. The van der Waals surface area contributed by atoms with Gasteiger partial charge in [-0.2, -0.15) is 0 Å². The number of nitrogens with zero attached hydrogens (tertiary/aromatic N) is 1. The molecule has 1 atom stereocenters. The molecule has 0 aliphatic rings. The number of primary amides is 1. The first-order valence-electron chi connectivity index (χ1n) is 6.28. The molecule has 0 bridgehead atoms. The summed E-state index contributed by atoms with van der Waals surface area (Å²) < 4.78 is 0. The SMILES string of the molecule is CCN(Cc1cccc(C(N)=O)c1)C(C)CC(=O)O. The fourth-order valence-corrected chi connectivity index (χ4v) is 2.02. The van der Waals surface area contributed by atoms with Gasteiger partial charge in [0.2, 0.25) is 5.91 Å². The molecule has 1 rings (SSSR count). The Kier molecular flexibility index (Phi) is 5.51. The molecule has 5 nitrogen and oxygen atoms in total. The predicted octanol–water partition coefficient (Wildman–Crippen LogP) is 1.47. The monoisotopic (exact) mass is 264 g/mol. The molecule has 0 fully saturated rings. The first kappa shape index (κ1) is 15.2. The average molecular weight is 264 g/mol. The molecule has 104 valence electrons. The number of hydrogen-bond acceptors (Lipinski definition) is 3. The van der Waals surface area contributed by atoms with Gasteiger partial charge in [-0.05, 0) is 31.2 Å². The van der Waals surface area contributed by atoms with Crippen LogP contribution in [0.15, 0.2) is 24.3 Å². The summed E-state index contributed by atoms with van der Waals surface area (Å²) in [5.74, 6) is -1.26. The topological polar surface area (TPSA) is 83.6 Å². The predicted molar refractivity (Wildman–Crippen MR) is 72.8 cm³/mol. The Morgan fingerprint density at radius 3 is 2.63 bits per heavy atom.